The lowest BCUT2D eigenvalue weighted by Crippen LogP contribution is -2.64. The number of rotatable bonds is 12. The molecule has 3 nitrogen and oxygen atoms in total. The Labute approximate surface area is 165 Å². The molecule has 0 aromatic heterocycles. The van der Waals surface area contributed by atoms with Crippen LogP contribution in [0.3, 0.4) is 0 Å². The Morgan fingerprint density at radius 3 is 1.40 bits per heavy atom. The third kappa shape index (κ3) is 6.58. The standard InChI is InChI=1S/C16H22F11NO2/c1-3-5-7-9-28(10-8-6-4-2)11(29)12(17,14(20,21)22)30-16(26,27)13(18,19)15(23,24)25/h3-10H2,1-2H3/t12-/m0/s1. The van der Waals surface area contributed by atoms with Crippen molar-refractivity contribution in [1.29, 1.82) is 0 Å². The number of ether oxygens (including phenoxy) is 1. The van der Waals surface area contributed by atoms with Crippen molar-refractivity contribution in [2.75, 3.05) is 13.1 Å². The van der Waals surface area contributed by atoms with Crippen molar-refractivity contribution in [2.24, 2.45) is 0 Å². The Morgan fingerprint density at radius 1 is 0.700 bits per heavy atom. The first-order valence-electron chi connectivity index (χ1n) is 8.96. The zero-order valence-corrected chi connectivity index (χ0v) is 16.1. The summed E-state index contributed by atoms with van der Waals surface area (Å²) in [4.78, 5) is 12.2. The van der Waals surface area contributed by atoms with Gasteiger partial charge in [0.1, 0.15) is 0 Å². The van der Waals surface area contributed by atoms with Crippen molar-refractivity contribution in [3.8, 4) is 0 Å². The highest BCUT2D eigenvalue weighted by Crippen LogP contribution is 2.51. The molecule has 180 valence electrons. The van der Waals surface area contributed by atoms with Gasteiger partial charge in [-0.25, -0.2) is 0 Å². The van der Waals surface area contributed by atoms with Crippen molar-refractivity contribution < 1.29 is 57.8 Å². The summed E-state index contributed by atoms with van der Waals surface area (Å²) >= 11 is 0. The maximum absolute atomic E-state index is 14.5. The summed E-state index contributed by atoms with van der Waals surface area (Å²) in [5.41, 5.74) is 0. The maximum Gasteiger partial charge on any atom is 0.462 e. The lowest BCUT2D eigenvalue weighted by molar-refractivity contribution is -0.473. The summed E-state index contributed by atoms with van der Waals surface area (Å²) < 4.78 is 145. The molecule has 0 aliphatic carbocycles. The normalized spacial score (nSPS) is 15.8. The Hall–Kier alpha value is -1.34. The lowest BCUT2D eigenvalue weighted by atomic mass is 10.1. The third-order valence-electron chi connectivity index (χ3n) is 3.98. The fourth-order valence-electron chi connectivity index (χ4n) is 2.25. The van der Waals surface area contributed by atoms with Crippen LogP contribution in [0.1, 0.15) is 52.4 Å². The van der Waals surface area contributed by atoms with Crippen LogP contribution >= 0.6 is 0 Å². The highest BCUT2D eigenvalue weighted by Gasteiger charge is 2.79. The van der Waals surface area contributed by atoms with Crippen molar-refractivity contribution in [3.63, 3.8) is 0 Å². The smallest absolute Gasteiger partial charge is 0.337 e. The van der Waals surface area contributed by atoms with Gasteiger partial charge < -0.3 is 4.90 Å². The molecule has 1 amide bonds. The van der Waals surface area contributed by atoms with E-state index >= 15 is 0 Å². The minimum absolute atomic E-state index is 0.0113. The molecule has 0 aliphatic rings. The van der Waals surface area contributed by atoms with Gasteiger partial charge >= 0.3 is 30.2 Å². The second kappa shape index (κ2) is 10.3. The predicted octanol–water partition coefficient (Wildman–Crippen LogP) is 6.23. The number of alkyl halides is 11. The van der Waals surface area contributed by atoms with Crippen LogP contribution in [-0.2, 0) is 9.53 Å². The van der Waals surface area contributed by atoms with Gasteiger partial charge in [0.05, 0.1) is 0 Å². The molecule has 0 radical (unpaired) electrons. The number of carbonyl (C=O) groups excluding carboxylic acids is 1. The first-order valence-corrected chi connectivity index (χ1v) is 8.96. The number of unbranched alkanes of at least 4 members (excludes halogenated alkanes) is 4. The Bertz CT molecular complexity index is 538. The Kier molecular flexibility index (Phi) is 9.85. The first kappa shape index (κ1) is 28.7. The quantitative estimate of drug-likeness (QED) is 0.251. The molecule has 0 heterocycles. The molecule has 1 atom stereocenters. The molecule has 0 unspecified atom stereocenters. The van der Waals surface area contributed by atoms with Gasteiger partial charge in [0, 0.05) is 13.1 Å². The average molecular weight is 469 g/mol. The van der Waals surface area contributed by atoms with Gasteiger partial charge in [-0.05, 0) is 12.8 Å². The van der Waals surface area contributed by atoms with Gasteiger partial charge in [0.15, 0.2) is 0 Å². The average Bonchev–Trinajstić information content (AvgIpc) is 2.57. The summed E-state index contributed by atoms with van der Waals surface area (Å²) in [6, 6.07) is 0. The van der Waals surface area contributed by atoms with Crippen LogP contribution in [0.25, 0.3) is 0 Å². The van der Waals surface area contributed by atoms with Gasteiger partial charge in [0.25, 0.3) is 5.91 Å². The lowest BCUT2D eigenvalue weighted by Gasteiger charge is -2.36. The van der Waals surface area contributed by atoms with E-state index in [2.05, 4.69) is 4.74 Å². The topological polar surface area (TPSA) is 29.5 Å². The maximum atomic E-state index is 14.5. The zero-order valence-electron chi connectivity index (χ0n) is 16.1. The van der Waals surface area contributed by atoms with Crippen molar-refractivity contribution in [2.45, 2.75) is 82.6 Å². The molecular weight excluding hydrogens is 447 g/mol. The fourth-order valence-corrected chi connectivity index (χ4v) is 2.25. The van der Waals surface area contributed by atoms with Gasteiger partial charge in [-0.2, -0.15) is 48.3 Å². The molecule has 0 N–H and O–H groups in total. The number of hydrogen-bond acceptors (Lipinski definition) is 2. The zero-order chi connectivity index (χ0) is 24.0. The van der Waals surface area contributed by atoms with Gasteiger partial charge in [0.2, 0.25) is 0 Å². The van der Waals surface area contributed by atoms with Gasteiger partial charge in [-0.3, -0.25) is 9.53 Å². The molecule has 0 aliphatic heterocycles. The third-order valence-corrected chi connectivity index (χ3v) is 3.98. The largest absolute Gasteiger partial charge is 0.462 e. The van der Waals surface area contributed by atoms with E-state index in [0.717, 1.165) is 0 Å². The fraction of sp³-hybridized carbons (Fsp3) is 0.938. The molecule has 0 aromatic rings. The van der Waals surface area contributed by atoms with Gasteiger partial charge in [-0.15, -0.1) is 0 Å². The van der Waals surface area contributed by atoms with E-state index in [1.54, 1.807) is 13.8 Å². The van der Waals surface area contributed by atoms with Crippen LogP contribution in [0.5, 0.6) is 0 Å². The molecule has 0 fully saturated rings. The SMILES string of the molecule is CCCCCN(CCCCC)C(=O)[C@](F)(OC(F)(F)C(F)(F)C(F)(F)F)C(F)(F)F. The van der Waals surface area contributed by atoms with E-state index in [4.69, 9.17) is 0 Å². The van der Waals surface area contributed by atoms with E-state index in [0.29, 0.717) is 25.7 Å². The summed E-state index contributed by atoms with van der Waals surface area (Å²) in [5.74, 6) is -16.1. The molecule has 14 heteroatoms. The summed E-state index contributed by atoms with van der Waals surface area (Å²) in [7, 11) is 0. The number of nitrogens with zero attached hydrogens (tertiary/aromatic N) is 1. The molecule has 0 rings (SSSR count). The summed E-state index contributed by atoms with van der Waals surface area (Å²) in [5, 5.41) is 0. The molecular formula is C16H22F11NO2. The number of carbonyl (C=O) groups is 1. The number of halogens is 11. The summed E-state index contributed by atoms with van der Waals surface area (Å²) in [6.07, 6.45) is -19.1. The number of amides is 1. The van der Waals surface area contributed by atoms with E-state index in [1.807, 2.05) is 0 Å². The predicted molar refractivity (Wildman–Crippen MR) is 82.6 cm³/mol. The van der Waals surface area contributed by atoms with Crippen LogP contribution in [-0.4, -0.2) is 54.1 Å². The number of hydrogen-bond donors (Lipinski definition) is 0. The van der Waals surface area contributed by atoms with Crippen LogP contribution in [0.4, 0.5) is 48.3 Å². The molecule has 0 spiro atoms. The molecule has 0 bridgehead atoms. The van der Waals surface area contributed by atoms with E-state index in [9.17, 15) is 53.1 Å². The van der Waals surface area contributed by atoms with Crippen LogP contribution in [0.15, 0.2) is 0 Å². The highest BCUT2D eigenvalue weighted by molar-refractivity contribution is 5.84. The van der Waals surface area contributed by atoms with Crippen molar-refractivity contribution in [3.05, 3.63) is 0 Å². The van der Waals surface area contributed by atoms with Crippen LogP contribution < -0.4 is 0 Å². The minimum Gasteiger partial charge on any atom is -0.337 e. The minimum atomic E-state index is -7.20. The summed E-state index contributed by atoms with van der Waals surface area (Å²) in [6.45, 7) is 2.20. The van der Waals surface area contributed by atoms with Crippen LogP contribution in [0, 0.1) is 0 Å². The molecule has 0 aromatic carbocycles. The molecule has 0 saturated heterocycles. The van der Waals surface area contributed by atoms with E-state index in [1.165, 1.54) is 0 Å². The van der Waals surface area contributed by atoms with Gasteiger partial charge in [-0.1, -0.05) is 39.5 Å². The van der Waals surface area contributed by atoms with Crippen molar-refractivity contribution >= 4 is 5.91 Å². The highest BCUT2D eigenvalue weighted by atomic mass is 19.4. The second-order valence-corrected chi connectivity index (χ2v) is 6.49. The van der Waals surface area contributed by atoms with Crippen LogP contribution in [0.2, 0.25) is 0 Å². The van der Waals surface area contributed by atoms with E-state index in [-0.39, 0.29) is 17.7 Å². The first-order chi connectivity index (χ1) is 13.4. The second-order valence-electron chi connectivity index (χ2n) is 6.49. The van der Waals surface area contributed by atoms with E-state index < -0.39 is 49.2 Å². The Balaban J connectivity index is 6.03. The molecule has 30 heavy (non-hydrogen) atoms. The monoisotopic (exact) mass is 469 g/mol. The Morgan fingerprint density at radius 2 is 1.10 bits per heavy atom. The van der Waals surface area contributed by atoms with Crippen molar-refractivity contribution in [1.82, 2.24) is 4.90 Å². The molecule has 0 saturated carbocycles.